The summed E-state index contributed by atoms with van der Waals surface area (Å²) in [5, 5.41) is 13.8. The van der Waals surface area contributed by atoms with Crippen LogP contribution in [0, 0.1) is 0 Å². The highest BCUT2D eigenvalue weighted by Gasteiger charge is 2.27. The molecule has 3 aromatic heterocycles. The van der Waals surface area contributed by atoms with Crippen LogP contribution in [0.2, 0.25) is 0 Å². The number of pyridine rings is 1. The van der Waals surface area contributed by atoms with Crippen molar-refractivity contribution in [2.24, 2.45) is 7.05 Å². The Bertz CT molecular complexity index is 1500. The van der Waals surface area contributed by atoms with Gasteiger partial charge in [0.15, 0.2) is 0 Å². The van der Waals surface area contributed by atoms with Crippen LogP contribution in [0.4, 0.5) is 5.82 Å². The molecule has 2 fully saturated rings. The summed E-state index contributed by atoms with van der Waals surface area (Å²) in [5.41, 5.74) is 2.90. The van der Waals surface area contributed by atoms with Gasteiger partial charge in [-0.2, -0.15) is 5.10 Å². The molecule has 0 amide bonds. The zero-order valence-electron chi connectivity index (χ0n) is 23.1. The third-order valence-electron chi connectivity index (χ3n) is 7.76. The van der Waals surface area contributed by atoms with E-state index in [0.29, 0.717) is 5.88 Å². The number of nitrogens with zero attached hydrogens (tertiary/aromatic N) is 5. The number of nitrogens with one attached hydrogen (secondary N) is 1. The SMILES string of the molecule is CCNc1cc2c(cn1)c(-c1ccc(OC3CCOCC3)cc1)nn2[C@H]1CC[C@@H](Oc2ccc(=O)n(C)n2)CC1. The molecule has 40 heavy (non-hydrogen) atoms. The number of aromatic nitrogens is 5. The van der Waals surface area contributed by atoms with E-state index in [1.54, 1.807) is 13.1 Å². The van der Waals surface area contributed by atoms with E-state index in [1.165, 1.54) is 10.7 Å². The fourth-order valence-corrected chi connectivity index (χ4v) is 5.60. The molecular formula is C30H36N6O4. The standard InChI is InChI=1S/C30H36N6O4/c1-3-31-27-18-26-25(19-32-27)30(20-4-8-22(9-5-20)39-24-14-16-38-17-15-24)34-36(26)21-6-10-23(11-7-21)40-28-12-13-29(37)35(2)33-28/h4-5,8-9,12-13,18-19,21,23-24H,3,6-7,10-11,14-17H2,1-2H3,(H,31,32)/t21-,23+. The number of fused-ring (bicyclic) bond motifs is 1. The molecule has 6 rings (SSSR count). The van der Waals surface area contributed by atoms with Gasteiger partial charge >= 0.3 is 0 Å². The molecule has 0 unspecified atom stereocenters. The van der Waals surface area contributed by atoms with Crippen LogP contribution in [0.5, 0.6) is 11.6 Å². The molecule has 1 saturated carbocycles. The summed E-state index contributed by atoms with van der Waals surface area (Å²) in [5.74, 6) is 2.21. The largest absolute Gasteiger partial charge is 0.490 e. The molecule has 0 radical (unpaired) electrons. The molecule has 1 saturated heterocycles. The summed E-state index contributed by atoms with van der Waals surface area (Å²) in [7, 11) is 1.63. The average molecular weight is 545 g/mol. The van der Waals surface area contributed by atoms with Crippen molar-refractivity contribution in [2.45, 2.75) is 63.7 Å². The number of rotatable bonds is 8. The zero-order chi connectivity index (χ0) is 27.5. The first-order valence-corrected chi connectivity index (χ1v) is 14.3. The second kappa shape index (κ2) is 11.7. The maximum Gasteiger partial charge on any atom is 0.266 e. The molecule has 0 atom stereocenters. The van der Waals surface area contributed by atoms with Crippen molar-refractivity contribution >= 4 is 16.7 Å². The molecule has 1 N–H and O–H groups in total. The molecule has 1 aliphatic heterocycles. The van der Waals surface area contributed by atoms with Crippen LogP contribution >= 0.6 is 0 Å². The predicted octanol–water partition coefficient (Wildman–Crippen LogP) is 4.74. The first kappa shape index (κ1) is 26.3. The topological polar surface area (TPSA) is 105 Å². The van der Waals surface area contributed by atoms with Crippen LogP contribution in [0.15, 0.2) is 53.5 Å². The van der Waals surface area contributed by atoms with Gasteiger partial charge in [0.2, 0.25) is 5.88 Å². The number of hydrogen-bond donors (Lipinski definition) is 1. The van der Waals surface area contributed by atoms with E-state index in [1.807, 2.05) is 18.3 Å². The Morgan fingerprint density at radius 3 is 2.42 bits per heavy atom. The van der Waals surface area contributed by atoms with Crippen LogP contribution in [-0.2, 0) is 11.8 Å². The Morgan fingerprint density at radius 2 is 1.70 bits per heavy atom. The predicted molar refractivity (Wildman–Crippen MR) is 153 cm³/mol. The Hall–Kier alpha value is -3.92. The lowest BCUT2D eigenvalue weighted by atomic mass is 9.93. The van der Waals surface area contributed by atoms with Gasteiger partial charge < -0.3 is 19.5 Å². The van der Waals surface area contributed by atoms with Gasteiger partial charge in [0.25, 0.3) is 5.56 Å². The van der Waals surface area contributed by atoms with E-state index in [-0.39, 0.29) is 23.8 Å². The van der Waals surface area contributed by atoms with Crippen molar-refractivity contribution in [3.63, 3.8) is 0 Å². The molecule has 10 heteroatoms. The quantitative estimate of drug-likeness (QED) is 0.339. The van der Waals surface area contributed by atoms with Crippen molar-refractivity contribution in [2.75, 3.05) is 25.1 Å². The molecule has 2 aliphatic rings. The Kier molecular flexibility index (Phi) is 7.68. The number of benzene rings is 1. The maximum atomic E-state index is 11.7. The van der Waals surface area contributed by atoms with Crippen molar-refractivity contribution in [1.29, 1.82) is 0 Å². The van der Waals surface area contributed by atoms with E-state index in [9.17, 15) is 4.79 Å². The van der Waals surface area contributed by atoms with E-state index >= 15 is 0 Å². The molecule has 1 aromatic carbocycles. The maximum absolute atomic E-state index is 11.7. The summed E-state index contributed by atoms with van der Waals surface area (Å²) in [6.07, 6.45) is 7.68. The number of ether oxygens (including phenoxy) is 3. The molecule has 0 bridgehead atoms. The fraction of sp³-hybridized carbons (Fsp3) is 0.467. The first-order chi connectivity index (χ1) is 19.6. The lowest BCUT2D eigenvalue weighted by molar-refractivity contribution is 0.0256. The Labute approximate surface area is 233 Å². The first-order valence-electron chi connectivity index (χ1n) is 14.3. The third kappa shape index (κ3) is 5.67. The monoisotopic (exact) mass is 544 g/mol. The summed E-state index contributed by atoms with van der Waals surface area (Å²) >= 11 is 0. The summed E-state index contributed by atoms with van der Waals surface area (Å²) < 4.78 is 21.2. The lowest BCUT2D eigenvalue weighted by Crippen LogP contribution is -2.27. The van der Waals surface area contributed by atoms with E-state index in [2.05, 4.69) is 45.2 Å². The van der Waals surface area contributed by atoms with Crippen molar-refractivity contribution in [3.05, 3.63) is 59.0 Å². The molecule has 4 heterocycles. The van der Waals surface area contributed by atoms with Crippen molar-refractivity contribution < 1.29 is 14.2 Å². The average Bonchev–Trinajstić information content (AvgIpc) is 3.35. The second-order valence-corrected chi connectivity index (χ2v) is 10.5. The molecule has 210 valence electrons. The molecular weight excluding hydrogens is 508 g/mol. The number of aryl methyl sites for hydroxylation is 1. The highest BCUT2D eigenvalue weighted by Crippen LogP contribution is 2.37. The van der Waals surface area contributed by atoms with Crippen LogP contribution < -0.4 is 20.3 Å². The van der Waals surface area contributed by atoms with Crippen LogP contribution in [0.1, 0.15) is 51.5 Å². The molecule has 1 aliphatic carbocycles. The van der Waals surface area contributed by atoms with Crippen LogP contribution in [-0.4, -0.2) is 56.5 Å². The van der Waals surface area contributed by atoms with Crippen molar-refractivity contribution in [1.82, 2.24) is 24.5 Å². The van der Waals surface area contributed by atoms with Crippen LogP contribution in [0.25, 0.3) is 22.2 Å². The minimum absolute atomic E-state index is 0.0600. The van der Waals surface area contributed by atoms with Crippen molar-refractivity contribution in [3.8, 4) is 22.9 Å². The minimum atomic E-state index is -0.148. The molecule has 4 aromatic rings. The summed E-state index contributed by atoms with van der Waals surface area (Å²) in [6, 6.07) is 13.7. The van der Waals surface area contributed by atoms with Gasteiger partial charge in [-0.05, 0) is 56.9 Å². The van der Waals surface area contributed by atoms with Gasteiger partial charge in [-0.25, -0.2) is 9.67 Å². The van der Waals surface area contributed by atoms with E-state index in [4.69, 9.17) is 19.3 Å². The second-order valence-electron chi connectivity index (χ2n) is 10.5. The zero-order valence-corrected chi connectivity index (χ0v) is 23.1. The van der Waals surface area contributed by atoms with Gasteiger partial charge in [0.05, 0.1) is 24.8 Å². The molecule has 10 nitrogen and oxygen atoms in total. The fourth-order valence-electron chi connectivity index (χ4n) is 5.60. The Morgan fingerprint density at radius 1 is 0.950 bits per heavy atom. The Balaban J connectivity index is 1.22. The van der Waals surface area contributed by atoms with Crippen LogP contribution in [0.3, 0.4) is 0 Å². The van der Waals surface area contributed by atoms with Gasteiger partial charge in [-0.3, -0.25) is 9.48 Å². The number of anilines is 1. The van der Waals surface area contributed by atoms with Gasteiger partial charge in [0, 0.05) is 61.8 Å². The van der Waals surface area contributed by atoms with Gasteiger partial charge in [0.1, 0.15) is 29.5 Å². The minimum Gasteiger partial charge on any atom is -0.490 e. The highest BCUT2D eigenvalue weighted by molar-refractivity contribution is 5.94. The van der Waals surface area contributed by atoms with Gasteiger partial charge in [-0.1, -0.05) is 0 Å². The molecule has 0 spiro atoms. The number of hydrogen-bond acceptors (Lipinski definition) is 8. The lowest BCUT2D eigenvalue weighted by Gasteiger charge is -2.29. The normalized spacial score (nSPS) is 19.9. The van der Waals surface area contributed by atoms with Gasteiger partial charge in [-0.15, -0.1) is 5.10 Å². The smallest absolute Gasteiger partial charge is 0.266 e. The third-order valence-corrected chi connectivity index (χ3v) is 7.76. The van der Waals surface area contributed by atoms with E-state index < -0.39 is 0 Å². The van der Waals surface area contributed by atoms with E-state index in [0.717, 1.165) is 92.0 Å². The highest BCUT2D eigenvalue weighted by atomic mass is 16.5. The summed E-state index contributed by atoms with van der Waals surface area (Å²) in [6.45, 7) is 4.38. The summed E-state index contributed by atoms with van der Waals surface area (Å²) in [4.78, 5) is 16.3.